The van der Waals surface area contributed by atoms with Crippen LogP contribution in [-0.2, 0) is 0 Å². The maximum atomic E-state index is 6.29. The number of benzene rings is 3. The van der Waals surface area contributed by atoms with E-state index in [0.29, 0.717) is 17.3 Å². The minimum atomic E-state index is -3.41. The molecule has 0 saturated carbocycles. The van der Waals surface area contributed by atoms with E-state index < -0.39 is 11.5 Å². The van der Waals surface area contributed by atoms with Gasteiger partial charge in [-0.1, -0.05) is 101 Å². The SMILES string of the molecule is Cc1ccc(OP2(Oc3ccc(C)cc3)=NC(C(Cl)(Cl)Cl)=NC(c3ccccc3)=N2)cc1. The number of halogens is 3. The van der Waals surface area contributed by atoms with E-state index in [4.69, 9.17) is 48.6 Å². The van der Waals surface area contributed by atoms with Crippen molar-refractivity contribution >= 4 is 54.1 Å². The van der Waals surface area contributed by atoms with Crippen LogP contribution < -0.4 is 9.05 Å². The third kappa shape index (κ3) is 5.54. The van der Waals surface area contributed by atoms with Gasteiger partial charge < -0.3 is 9.05 Å². The van der Waals surface area contributed by atoms with Crippen LogP contribution in [0.25, 0.3) is 0 Å². The molecule has 0 atom stereocenters. The molecule has 0 unspecified atom stereocenters. The minimum Gasteiger partial charge on any atom is -0.413 e. The molecule has 0 N–H and O–H groups in total. The molecule has 1 aliphatic rings. The van der Waals surface area contributed by atoms with E-state index in [9.17, 15) is 0 Å². The Morgan fingerprint density at radius 1 is 0.719 bits per heavy atom. The third-order valence-electron chi connectivity index (χ3n) is 4.43. The Hall–Kier alpha value is -2.30. The zero-order valence-corrected chi connectivity index (χ0v) is 20.4. The van der Waals surface area contributed by atoms with E-state index in [0.717, 1.165) is 16.7 Å². The molecule has 0 saturated heterocycles. The Balaban J connectivity index is 1.89. The highest BCUT2D eigenvalue weighted by molar-refractivity contribution is 7.56. The number of aliphatic imine (C=N–C) groups is 1. The van der Waals surface area contributed by atoms with Gasteiger partial charge in [0, 0.05) is 5.56 Å². The third-order valence-corrected chi connectivity index (χ3v) is 6.72. The molecule has 32 heavy (non-hydrogen) atoms. The van der Waals surface area contributed by atoms with Gasteiger partial charge in [0.05, 0.1) is 0 Å². The number of alkyl halides is 3. The summed E-state index contributed by atoms with van der Waals surface area (Å²) in [6, 6.07) is 24.3. The lowest BCUT2D eigenvalue weighted by Crippen LogP contribution is -2.22. The molecule has 3 aromatic rings. The molecule has 5 nitrogen and oxygen atoms in total. The quantitative estimate of drug-likeness (QED) is 0.260. The first kappa shape index (κ1) is 22.9. The molecular weight excluding hydrogens is 488 g/mol. The molecule has 4 rings (SSSR count). The lowest BCUT2D eigenvalue weighted by Gasteiger charge is -2.26. The molecule has 0 aromatic heterocycles. The van der Waals surface area contributed by atoms with Crippen molar-refractivity contribution in [3.63, 3.8) is 0 Å². The second-order valence-electron chi connectivity index (χ2n) is 7.12. The van der Waals surface area contributed by atoms with E-state index in [-0.39, 0.29) is 5.84 Å². The smallest absolute Gasteiger partial charge is 0.413 e. The molecule has 9 heteroatoms. The Kier molecular flexibility index (Phi) is 6.64. The van der Waals surface area contributed by atoms with Crippen molar-refractivity contribution < 1.29 is 9.05 Å². The van der Waals surface area contributed by atoms with Gasteiger partial charge in [0.1, 0.15) is 11.5 Å². The topological polar surface area (TPSA) is 55.5 Å². The molecule has 1 heterocycles. The number of hydrogen-bond donors (Lipinski definition) is 0. The average Bonchev–Trinajstić information content (AvgIpc) is 2.77. The van der Waals surface area contributed by atoms with Crippen LogP contribution in [0.3, 0.4) is 0 Å². The fourth-order valence-electron chi connectivity index (χ4n) is 2.81. The molecule has 1 aliphatic heterocycles. The monoisotopic (exact) mass is 505 g/mol. The second kappa shape index (κ2) is 9.29. The van der Waals surface area contributed by atoms with Crippen molar-refractivity contribution in [2.75, 3.05) is 0 Å². The van der Waals surface area contributed by atoms with Gasteiger partial charge >= 0.3 is 7.66 Å². The first-order chi connectivity index (χ1) is 15.2. The fraction of sp³-hybridized carbons (Fsp3) is 0.130. The second-order valence-corrected chi connectivity index (χ2v) is 11.1. The van der Waals surface area contributed by atoms with Crippen LogP contribution in [0.4, 0.5) is 0 Å². The Bertz CT molecular complexity index is 1170. The summed E-state index contributed by atoms with van der Waals surface area (Å²) in [7, 11) is -3.41. The number of nitrogens with zero attached hydrogens (tertiary/aromatic N) is 3. The molecule has 0 spiro atoms. The van der Waals surface area contributed by atoms with Gasteiger partial charge in [0.15, 0.2) is 11.7 Å². The first-order valence-corrected chi connectivity index (χ1v) is 12.4. The van der Waals surface area contributed by atoms with Crippen LogP contribution in [0.1, 0.15) is 16.7 Å². The zero-order valence-electron chi connectivity index (χ0n) is 17.2. The predicted octanol–water partition coefficient (Wildman–Crippen LogP) is 7.94. The van der Waals surface area contributed by atoms with Gasteiger partial charge in [-0.15, -0.1) is 0 Å². The maximum Gasteiger partial charge on any atom is 0.452 e. The number of rotatable bonds is 5. The average molecular weight is 507 g/mol. The Morgan fingerprint density at radius 2 is 1.22 bits per heavy atom. The number of aryl methyl sites for hydroxylation is 2. The first-order valence-electron chi connectivity index (χ1n) is 9.69. The highest BCUT2D eigenvalue weighted by Gasteiger charge is 2.38. The van der Waals surface area contributed by atoms with Crippen LogP contribution in [-0.4, -0.2) is 15.5 Å². The van der Waals surface area contributed by atoms with Gasteiger partial charge in [-0.25, -0.2) is 4.99 Å². The summed E-state index contributed by atoms with van der Waals surface area (Å²) in [5.74, 6) is 1.32. The van der Waals surface area contributed by atoms with Gasteiger partial charge in [0.2, 0.25) is 3.79 Å². The molecular formula is C23H19Cl3N3O2P. The number of hydrogen-bond acceptors (Lipinski definition) is 5. The highest BCUT2D eigenvalue weighted by Crippen LogP contribution is 2.56. The molecule has 0 amide bonds. The minimum absolute atomic E-state index is 0.0519. The van der Waals surface area contributed by atoms with E-state index in [2.05, 4.69) is 9.74 Å². The predicted molar refractivity (Wildman–Crippen MR) is 134 cm³/mol. The van der Waals surface area contributed by atoms with Gasteiger partial charge in [-0.05, 0) is 38.1 Å². The van der Waals surface area contributed by atoms with Crippen LogP contribution in [0.5, 0.6) is 11.5 Å². The standard InChI is InChI=1S/C23H19Cl3N3O2P/c1-16-8-12-19(13-9-16)30-32(31-20-14-10-17(2)11-15-20)28-21(18-6-4-3-5-7-18)27-22(29-32)23(24,25)26/h3-15H,1-2H3. The summed E-state index contributed by atoms with van der Waals surface area (Å²) >= 11 is 18.6. The van der Waals surface area contributed by atoms with Gasteiger partial charge in [0.25, 0.3) is 0 Å². The lowest BCUT2D eigenvalue weighted by molar-refractivity contribution is 0.476. The highest BCUT2D eigenvalue weighted by atomic mass is 35.6. The van der Waals surface area contributed by atoms with Gasteiger partial charge in [-0.3, -0.25) is 0 Å². The maximum absolute atomic E-state index is 6.29. The molecule has 0 fully saturated rings. The van der Waals surface area contributed by atoms with Crippen molar-refractivity contribution in [3.8, 4) is 11.5 Å². The van der Waals surface area contributed by atoms with E-state index in [1.165, 1.54) is 0 Å². The van der Waals surface area contributed by atoms with E-state index >= 15 is 0 Å². The lowest BCUT2D eigenvalue weighted by atomic mass is 10.2. The molecule has 0 radical (unpaired) electrons. The Labute approximate surface area is 202 Å². The molecule has 3 aromatic carbocycles. The number of amidine groups is 2. The summed E-state index contributed by atoms with van der Waals surface area (Å²) in [4.78, 5) is 4.40. The van der Waals surface area contributed by atoms with E-state index in [1.807, 2.05) is 92.7 Å². The zero-order chi connectivity index (χ0) is 22.8. The van der Waals surface area contributed by atoms with Crippen LogP contribution in [0.15, 0.2) is 93.4 Å². The fourth-order valence-corrected chi connectivity index (χ4v) is 5.11. The Morgan fingerprint density at radius 3 is 1.69 bits per heavy atom. The summed E-state index contributed by atoms with van der Waals surface area (Å²) in [6.45, 7) is 3.98. The van der Waals surface area contributed by atoms with E-state index in [1.54, 1.807) is 0 Å². The molecule has 0 aliphatic carbocycles. The van der Waals surface area contributed by atoms with Crippen molar-refractivity contribution in [1.82, 2.24) is 0 Å². The molecule has 164 valence electrons. The van der Waals surface area contributed by atoms with Crippen molar-refractivity contribution in [3.05, 3.63) is 95.6 Å². The van der Waals surface area contributed by atoms with Crippen molar-refractivity contribution in [2.45, 2.75) is 17.6 Å². The summed E-state index contributed by atoms with van der Waals surface area (Å²) in [5, 5.41) is 0. The summed E-state index contributed by atoms with van der Waals surface area (Å²) in [6.07, 6.45) is 0. The summed E-state index contributed by atoms with van der Waals surface area (Å²) < 4.78 is 19.9. The summed E-state index contributed by atoms with van der Waals surface area (Å²) in [5.41, 5.74) is 2.89. The van der Waals surface area contributed by atoms with Crippen LogP contribution in [0.2, 0.25) is 0 Å². The van der Waals surface area contributed by atoms with Crippen molar-refractivity contribution in [1.29, 1.82) is 0 Å². The van der Waals surface area contributed by atoms with Crippen molar-refractivity contribution in [2.24, 2.45) is 14.5 Å². The normalized spacial score (nSPS) is 15.3. The molecule has 0 bridgehead atoms. The van der Waals surface area contributed by atoms with Crippen LogP contribution in [0, 0.1) is 13.8 Å². The van der Waals surface area contributed by atoms with Gasteiger partial charge in [-0.2, -0.15) is 9.51 Å². The largest absolute Gasteiger partial charge is 0.452 e. The van der Waals surface area contributed by atoms with Crippen LogP contribution >= 0.6 is 42.5 Å².